The molecule has 208 valence electrons. The lowest BCUT2D eigenvalue weighted by Gasteiger charge is -2.40. The minimum Gasteiger partial charge on any atom is -0.493 e. The predicted octanol–water partition coefficient (Wildman–Crippen LogP) is 5.29. The molecule has 2 heterocycles. The molecule has 9 nitrogen and oxygen atoms in total. The summed E-state index contributed by atoms with van der Waals surface area (Å²) in [4.78, 5) is 33.5. The molecule has 1 unspecified atom stereocenters. The quantitative estimate of drug-likeness (QED) is 0.419. The van der Waals surface area contributed by atoms with Gasteiger partial charge in [-0.05, 0) is 49.1 Å². The van der Waals surface area contributed by atoms with Crippen LogP contribution in [0.15, 0.2) is 52.7 Å². The molecule has 4 rings (SSSR count). The fourth-order valence-electron chi connectivity index (χ4n) is 4.60. The predicted molar refractivity (Wildman–Crippen MR) is 153 cm³/mol. The topological polar surface area (TPSA) is 98.7 Å². The van der Waals surface area contributed by atoms with Gasteiger partial charge in [0.25, 0.3) is 5.91 Å². The number of carbonyl (C=O) groups is 2. The normalized spacial score (nSPS) is 16.8. The summed E-state index contributed by atoms with van der Waals surface area (Å²) in [6.07, 6.45) is 0.977. The Labute approximate surface area is 233 Å². The smallest absolute Gasteiger partial charge is 0.338 e. The summed E-state index contributed by atoms with van der Waals surface area (Å²) in [6, 6.07) is 10.4. The lowest BCUT2D eigenvalue weighted by molar-refractivity contribution is -0.140. The second-order valence-electron chi connectivity index (χ2n) is 9.68. The number of carbonyl (C=O) groups excluding carboxylic acids is 2. The van der Waals surface area contributed by atoms with Gasteiger partial charge in [-0.3, -0.25) is 4.79 Å². The van der Waals surface area contributed by atoms with Crippen molar-refractivity contribution in [2.75, 3.05) is 45.6 Å². The van der Waals surface area contributed by atoms with Gasteiger partial charge in [-0.1, -0.05) is 37.7 Å². The number of thioether (sulfide) groups is 1. The van der Waals surface area contributed by atoms with Crippen molar-refractivity contribution in [2.45, 2.75) is 33.2 Å². The summed E-state index contributed by atoms with van der Waals surface area (Å²) in [5, 5.41) is 3.87. The number of ether oxygens (including phenoxy) is 4. The van der Waals surface area contributed by atoms with Crippen LogP contribution in [0, 0.1) is 5.92 Å². The van der Waals surface area contributed by atoms with Crippen LogP contribution in [0.25, 0.3) is 0 Å². The summed E-state index contributed by atoms with van der Waals surface area (Å²) in [6.45, 7) is 6.97. The van der Waals surface area contributed by atoms with Crippen LogP contribution >= 0.6 is 11.8 Å². The Balaban J connectivity index is 1.66. The van der Waals surface area contributed by atoms with Crippen LogP contribution in [0.5, 0.6) is 17.2 Å². The molecular weight excluding hydrogens is 518 g/mol. The van der Waals surface area contributed by atoms with Crippen molar-refractivity contribution in [1.82, 2.24) is 4.90 Å². The second-order valence-corrected chi connectivity index (χ2v) is 10.7. The van der Waals surface area contributed by atoms with Crippen LogP contribution < -0.4 is 19.5 Å². The van der Waals surface area contributed by atoms with E-state index < -0.39 is 0 Å². The number of methoxy groups -OCH3 is 3. The average molecular weight is 554 g/mol. The van der Waals surface area contributed by atoms with E-state index in [1.54, 1.807) is 23.9 Å². The zero-order valence-electron chi connectivity index (χ0n) is 23.2. The first-order valence-corrected chi connectivity index (χ1v) is 13.8. The second kappa shape index (κ2) is 12.5. The molecule has 1 atom stereocenters. The van der Waals surface area contributed by atoms with E-state index in [0.29, 0.717) is 46.4 Å². The van der Waals surface area contributed by atoms with E-state index in [-0.39, 0.29) is 23.8 Å². The van der Waals surface area contributed by atoms with Gasteiger partial charge in [-0.2, -0.15) is 0 Å². The molecule has 0 bridgehead atoms. The van der Waals surface area contributed by atoms with E-state index in [1.165, 1.54) is 21.3 Å². The van der Waals surface area contributed by atoms with Gasteiger partial charge >= 0.3 is 5.97 Å². The maximum atomic E-state index is 13.3. The highest BCUT2D eigenvalue weighted by Gasteiger charge is 2.38. The number of benzene rings is 2. The first-order chi connectivity index (χ1) is 18.8. The van der Waals surface area contributed by atoms with Crippen LogP contribution in [0.2, 0.25) is 0 Å². The monoisotopic (exact) mass is 553 g/mol. The number of hydrogen-bond donors (Lipinski definition) is 1. The van der Waals surface area contributed by atoms with E-state index in [0.717, 1.165) is 29.4 Å². The summed E-state index contributed by atoms with van der Waals surface area (Å²) in [5.41, 5.74) is 2.98. The van der Waals surface area contributed by atoms with Crippen molar-refractivity contribution in [1.29, 1.82) is 0 Å². The lowest BCUT2D eigenvalue weighted by Crippen LogP contribution is -2.42. The Hall–Kier alpha value is -3.66. The SMILES string of the molecule is COc1cc(C(=O)Nc2cccc(C3C(C(=O)OCC(C)C)=C(C)N=C4SCCCN43)c2)cc(OC)c1OC. The first-order valence-electron chi connectivity index (χ1n) is 12.8. The molecule has 2 aliphatic heterocycles. The third-order valence-corrected chi connectivity index (χ3v) is 7.49. The molecule has 1 N–H and O–H groups in total. The first kappa shape index (κ1) is 28.4. The van der Waals surface area contributed by atoms with Crippen LogP contribution in [0.3, 0.4) is 0 Å². The molecule has 1 amide bonds. The highest BCUT2D eigenvalue weighted by atomic mass is 32.2. The molecular formula is C29H35N3O6S. The minimum absolute atomic E-state index is 0.218. The van der Waals surface area contributed by atoms with E-state index in [1.807, 2.05) is 45.0 Å². The van der Waals surface area contributed by atoms with Crippen LogP contribution in [0.4, 0.5) is 5.69 Å². The largest absolute Gasteiger partial charge is 0.493 e. The lowest BCUT2D eigenvalue weighted by atomic mass is 9.94. The summed E-state index contributed by atoms with van der Waals surface area (Å²) in [7, 11) is 4.52. The Kier molecular flexibility index (Phi) is 9.06. The van der Waals surface area contributed by atoms with E-state index in [4.69, 9.17) is 23.9 Å². The zero-order valence-corrected chi connectivity index (χ0v) is 24.0. The number of aliphatic imine (C=N–C) groups is 1. The third kappa shape index (κ3) is 6.16. The number of esters is 1. The molecule has 2 aromatic rings. The maximum absolute atomic E-state index is 13.3. The van der Waals surface area contributed by atoms with Gasteiger partial charge in [0.1, 0.15) is 0 Å². The van der Waals surface area contributed by atoms with Crippen molar-refractivity contribution in [2.24, 2.45) is 10.9 Å². The van der Waals surface area contributed by atoms with Gasteiger partial charge in [0.05, 0.1) is 45.2 Å². The Morgan fingerprint density at radius 2 is 1.82 bits per heavy atom. The maximum Gasteiger partial charge on any atom is 0.338 e. The van der Waals surface area contributed by atoms with E-state index >= 15 is 0 Å². The van der Waals surface area contributed by atoms with Gasteiger partial charge in [-0.15, -0.1) is 0 Å². The Bertz CT molecular complexity index is 1280. The van der Waals surface area contributed by atoms with Crippen molar-refractivity contribution in [3.63, 3.8) is 0 Å². The van der Waals surface area contributed by atoms with E-state index in [2.05, 4.69) is 10.2 Å². The summed E-state index contributed by atoms with van der Waals surface area (Å²) >= 11 is 1.69. The van der Waals surface area contributed by atoms with Crippen LogP contribution in [-0.2, 0) is 9.53 Å². The molecule has 0 aliphatic carbocycles. The van der Waals surface area contributed by atoms with Crippen molar-refractivity contribution in [3.8, 4) is 17.2 Å². The highest BCUT2D eigenvalue weighted by Crippen LogP contribution is 2.41. The molecule has 1 fully saturated rings. The van der Waals surface area contributed by atoms with Gasteiger partial charge in [0, 0.05) is 23.5 Å². The Morgan fingerprint density at radius 3 is 2.46 bits per heavy atom. The third-order valence-electron chi connectivity index (χ3n) is 6.41. The highest BCUT2D eigenvalue weighted by molar-refractivity contribution is 8.13. The molecule has 0 aromatic heterocycles. The van der Waals surface area contributed by atoms with Gasteiger partial charge in [0.15, 0.2) is 16.7 Å². The number of allylic oxidation sites excluding steroid dienone is 1. The fourth-order valence-corrected chi connectivity index (χ4v) is 5.62. The number of hydrogen-bond acceptors (Lipinski definition) is 9. The molecule has 2 aliphatic rings. The molecule has 0 spiro atoms. The van der Waals surface area contributed by atoms with Crippen LogP contribution in [-0.4, -0.2) is 62.2 Å². The molecule has 1 saturated heterocycles. The molecule has 0 saturated carbocycles. The number of fused-ring (bicyclic) bond motifs is 1. The fraction of sp³-hybridized carbons (Fsp3) is 0.414. The van der Waals surface area contributed by atoms with Gasteiger partial charge in [-0.25, -0.2) is 9.79 Å². The zero-order chi connectivity index (χ0) is 28.1. The minimum atomic E-state index is -0.372. The number of amides is 1. The summed E-state index contributed by atoms with van der Waals surface area (Å²) < 4.78 is 21.8. The molecule has 2 aromatic carbocycles. The van der Waals surface area contributed by atoms with Gasteiger partial charge < -0.3 is 29.2 Å². The molecule has 0 radical (unpaired) electrons. The Morgan fingerprint density at radius 1 is 1.10 bits per heavy atom. The number of anilines is 1. The van der Waals surface area contributed by atoms with E-state index in [9.17, 15) is 9.59 Å². The van der Waals surface area contributed by atoms with Crippen molar-refractivity contribution >= 4 is 34.5 Å². The molecule has 39 heavy (non-hydrogen) atoms. The van der Waals surface area contributed by atoms with Crippen molar-refractivity contribution < 1.29 is 28.5 Å². The number of nitrogens with one attached hydrogen (secondary N) is 1. The summed E-state index contributed by atoms with van der Waals surface area (Å²) in [5.74, 6) is 1.68. The number of nitrogens with zero attached hydrogens (tertiary/aromatic N) is 2. The van der Waals surface area contributed by atoms with Crippen molar-refractivity contribution in [3.05, 3.63) is 58.8 Å². The average Bonchev–Trinajstić information content (AvgIpc) is 2.94. The number of rotatable bonds is 9. The molecule has 10 heteroatoms. The standard InChI is InChI=1S/C29H35N3O6S/c1-17(2)16-38-28(34)24-18(3)30-29-32(11-8-12-39-29)25(24)19-9-7-10-21(13-19)31-27(33)20-14-22(35-4)26(37-6)23(15-20)36-5/h7,9-10,13-15,17,25H,8,11-12,16H2,1-6H3,(H,31,33). The number of amidine groups is 1. The van der Waals surface area contributed by atoms with Crippen LogP contribution in [0.1, 0.15) is 49.2 Å². The van der Waals surface area contributed by atoms with Gasteiger partial charge in [0.2, 0.25) is 5.75 Å².